The number of carbonyl (C=O) groups is 1. The molecule has 0 aliphatic carbocycles. The summed E-state index contributed by atoms with van der Waals surface area (Å²) in [7, 11) is -3.50. The zero-order valence-electron chi connectivity index (χ0n) is 12.8. The summed E-state index contributed by atoms with van der Waals surface area (Å²) in [6.45, 7) is 5.18. The Labute approximate surface area is 130 Å². The average molecular weight is 324 g/mol. The SMILES string of the molecule is CC(=O)N1CCc2cc(S(=O)(=O)N3CCOC(C)C3)ccc21. The highest BCUT2D eigenvalue weighted by Gasteiger charge is 2.31. The normalized spacial score (nSPS) is 22.6. The Morgan fingerprint density at radius 3 is 2.77 bits per heavy atom. The molecule has 0 saturated carbocycles. The van der Waals surface area contributed by atoms with Gasteiger partial charge in [0.1, 0.15) is 0 Å². The average Bonchev–Trinajstić information content (AvgIpc) is 2.90. The van der Waals surface area contributed by atoms with Gasteiger partial charge in [-0.15, -0.1) is 0 Å². The van der Waals surface area contributed by atoms with Crippen LogP contribution in [0.1, 0.15) is 19.4 Å². The molecule has 2 heterocycles. The Bertz CT molecular complexity index is 701. The highest BCUT2D eigenvalue weighted by Crippen LogP contribution is 2.31. The molecule has 1 aromatic carbocycles. The second kappa shape index (κ2) is 5.64. The van der Waals surface area contributed by atoms with Gasteiger partial charge in [0.2, 0.25) is 15.9 Å². The van der Waals surface area contributed by atoms with Crippen molar-refractivity contribution in [2.24, 2.45) is 0 Å². The van der Waals surface area contributed by atoms with E-state index in [-0.39, 0.29) is 12.0 Å². The van der Waals surface area contributed by atoms with Crippen molar-refractivity contribution >= 4 is 21.6 Å². The predicted molar refractivity (Wildman–Crippen MR) is 82.3 cm³/mol. The summed E-state index contributed by atoms with van der Waals surface area (Å²) >= 11 is 0. The van der Waals surface area contributed by atoms with Crippen LogP contribution in [-0.2, 0) is 26.0 Å². The molecular formula is C15H20N2O4S. The first-order valence-corrected chi connectivity index (χ1v) is 8.86. The fourth-order valence-corrected chi connectivity index (χ4v) is 4.57. The molecule has 1 fully saturated rings. The molecule has 0 spiro atoms. The largest absolute Gasteiger partial charge is 0.376 e. The first kappa shape index (κ1) is 15.5. The fraction of sp³-hybridized carbons (Fsp3) is 0.533. The van der Waals surface area contributed by atoms with Gasteiger partial charge in [-0.3, -0.25) is 4.79 Å². The summed E-state index contributed by atoms with van der Waals surface area (Å²) in [4.78, 5) is 13.5. The van der Waals surface area contributed by atoms with Gasteiger partial charge in [0.05, 0.1) is 17.6 Å². The van der Waals surface area contributed by atoms with Gasteiger partial charge in [-0.25, -0.2) is 8.42 Å². The minimum atomic E-state index is -3.50. The number of sulfonamides is 1. The van der Waals surface area contributed by atoms with Crippen molar-refractivity contribution < 1.29 is 17.9 Å². The fourth-order valence-electron chi connectivity index (χ4n) is 3.02. The van der Waals surface area contributed by atoms with Crippen LogP contribution in [0.15, 0.2) is 23.1 Å². The van der Waals surface area contributed by atoms with Crippen LogP contribution < -0.4 is 4.90 Å². The highest BCUT2D eigenvalue weighted by atomic mass is 32.2. The van der Waals surface area contributed by atoms with E-state index in [9.17, 15) is 13.2 Å². The minimum absolute atomic E-state index is 0.0173. The molecular weight excluding hydrogens is 304 g/mol. The van der Waals surface area contributed by atoms with E-state index < -0.39 is 10.0 Å². The number of amides is 1. The smallest absolute Gasteiger partial charge is 0.243 e. The van der Waals surface area contributed by atoms with Crippen molar-refractivity contribution in [3.05, 3.63) is 23.8 Å². The van der Waals surface area contributed by atoms with Crippen LogP contribution in [0, 0.1) is 0 Å². The topological polar surface area (TPSA) is 66.9 Å². The summed E-state index contributed by atoms with van der Waals surface area (Å²) in [5, 5.41) is 0. The van der Waals surface area contributed by atoms with Crippen molar-refractivity contribution in [2.45, 2.75) is 31.3 Å². The Morgan fingerprint density at radius 2 is 2.09 bits per heavy atom. The van der Waals surface area contributed by atoms with Crippen molar-refractivity contribution in [2.75, 3.05) is 31.1 Å². The van der Waals surface area contributed by atoms with Gasteiger partial charge >= 0.3 is 0 Å². The Morgan fingerprint density at radius 1 is 1.32 bits per heavy atom. The monoisotopic (exact) mass is 324 g/mol. The minimum Gasteiger partial charge on any atom is -0.376 e. The summed E-state index contributed by atoms with van der Waals surface area (Å²) in [5.41, 5.74) is 1.74. The van der Waals surface area contributed by atoms with E-state index in [4.69, 9.17) is 4.74 Å². The highest BCUT2D eigenvalue weighted by molar-refractivity contribution is 7.89. The molecule has 1 aromatic rings. The van der Waals surface area contributed by atoms with Crippen LogP contribution in [0.3, 0.4) is 0 Å². The van der Waals surface area contributed by atoms with Crippen molar-refractivity contribution in [3.8, 4) is 0 Å². The molecule has 1 unspecified atom stereocenters. The molecule has 2 aliphatic heterocycles. The number of hydrogen-bond acceptors (Lipinski definition) is 4. The molecule has 0 aromatic heterocycles. The second-order valence-electron chi connectivity index (χ2n) is 5.76. The summed E-state index contributed by atoms with van der Waals surface area (Å²) in [6.07, 6.45) is 0.601. The van der Waals surface area contributed by atoms with Crippen LogP contribution in [0.5, 0.6) is 0 Å². The third kappa shape index (κ3) is 2.64. The lowest BCUT2D eigenvalue weighted by molar-refractivity contribution is -0.116. The maximum Gasteiger partial charge on any atom is 0.243 e. The quantitative estimate of drug-likeness (QED) is 0.814. The first-order chi connectivity index (χ1) is 10.4. The number of anilines is 1. The Balaban J connectivity index is 1.91. The third-order valence-corrected chi connectivity index (χ3v) is 6.03. The number of carbonyl (C=O) groups excluding carboxylic acids is 1. The third-order valence-electron chi connectivity index (χ3n) is 4.17. The summed E-state index contributed by atoms with van der Waals surface area (Å²) in [6, 6.07) is 5.03. The van der Waals surface area contributed by atoms with Gasteiger partial charge in [-0.2, -0.15) is 4.31 Å². The van der Waals surface area contributed by atoms with Gasteiger partial charge in [0, 0.05) is 32.2 Å². The number of rotatable bonds is 2. The molecule has 0 bridgehead atoms. The van der Waals surface area contributed by atoms with Crippen molar-refractivity contribution in [1.29, 1.82) is 0 Å². The van der Waals surface area contributed by atoms with E-state index in [2.05, 4.69) is 0 Å². The van der Waals surface area contributed by atoms with E-state index in [1.165, 1.54) is 11.2 Å². The van der Waals surface area contributed by atoms with E-state index in [0.29, 0.717) is 37.6 Å². The van der Waals surface area contributed by atoms with Crippen molar-refractivity contribution in [1.82, 2.24) is 4.31 Å². The molecule has 0 radical (unpaired) electrons. The van der Waals surface area contributed by atoms with Gasteiger partial charge in [0.15, 0.2) is 0 Å². The molecule has 120 valence electrons. The summed E-state index contributed by atoms with van der Waals surface area (Å²) in [5.74, 6) is -0.0173. The molecule has 1 saturated heterocycles. The maximum absolute atomic E-state index is 12.7. The van der Waals surface area contributed by atoms with Crippen LogP contribution in [-0.4, -0.2) is 51.0 Å². The second-order valence-corrected chi connectivity index (χ2v) is 7.69. The zero-order chi connectivity index (χ0) is 15.9. The van der Waals surface area contributed by atoms with Gasteiger partial charge in [0.25, 0.3) is 0 Å². The lowest BCUT2D eigenvalue weighted by Gasteiger charge is -2.30. The maximum atomic E-state index is 12.7. The van der Waals surface area contributed by atoms with Gasteiger partial charge < -0.3 is 9.64 Å². The van der Waals surface area contributed by atoms with Crippen molar-refractivity contribution in [3.63, 3.8) is 0 Å². The molecule has 7 heteroatoms. The van der Waals surface area contributed by atoms with E-state index >= 15 is 0 Å². The van der Waals surface area contributed by atoms with E-state index in [0.717, 1.165) is 11.3 Å². The Hall–Kier alpha value is -1.44. The van der Waals surface area contributed by atoms with Crippen LogP contribution in [0.4, 0.5) is 5.69 Å². The zero-order valence-corrected chi connectivity index (χ0v) is 13.6. The number of morpholine rings is 1. The lowest BCUT2D eigenvalue weighted by Crippen LogP contribution is -2.44. The van der Waals surface area contributed by atoms with Gasteiger partial charge in [-0.05, 0) is 37.1 Å². The van der Waals surface area contributed by atoms with Crippen LogP contribution >= 0.6 is 0 Å². The number of benzene rings is 1. The molecule has 1 atom stereocenters. The number of ether oxygens (including phenoxy) is 1. The summed E-state index contributed by atoms with van der Waals surface area (Å²) < 4.78 is 32.4. The lowest BCUT2D eigenvalue weighted by atomic mass is 10.2. The van der Waals surface area contributed by atoms with Crippen LogP contribution in [0.2, 0.25) is 0 Å². The molecule has 2 aliphatic rings. The van der Waals surface area contributed by atoms with Gasteiger partial charge in [-0.1, -0.05) is 0 Å². The van der Waals surface area contributed by atoms with E-state index in [1.54, 1.807) is 23.1 Å². The molecule has 6 nitrogen and oxygen atoms in total. The number of nitrogens with zero attached hydrogens (tertiary/aromatic N) is 2. The molecule has 1 amide bonds. The predicted octanol–water partition coefficient (Wildman–Crippen LogP) is 1.01. The molecule has 0 N–H and O–H groups in total. The van der Waals surface area contributed by atoms with E-state index in [1.807, 2.05) is 6.92 Å². The number of fused-ring (bicyclic) bond motifs is 1. The molecule has 3 rings (SSSR count). The standard InChI is InChI=1S/C15H20N2O4S/c1-11-10-16(7-8-21-11)22(19,20)14-3-4-15-13(9-14)5-6-17(15)12(2)18/h3-4,9,11H,5-8,10H2,1-2H3. The van der Waals surface area contributed by atoms with Crippen LogP contribution in [0.25, 0.3) is 0 Å². The first-order valence-electron chi connectivity index (χ1n) is 7.42. The molecule has 22 heavy (non-hydrogen) atoms. The Kier molecular flexibility index (Phi) is 3.96. The number of hydrogen-bond donors (Lipinski definition) is 0.